The van der Waals surface area contributed by atoms with E-state index in [4.69, 9.17) is 5.26 Å². The highest BCUT2D eigenvalue weighted by atomic mass is 32.2. The first kappa shape index (κ1) is 18.3. The Morgan fingerprint density at radius 2 is 1.88 bits per heavy atom. The van der Waals surface area contributed by atoms with E-state index in [1.165, 1.54) is 10.7 Å². The summed E-state index contributed by atoms with van der Waals surface area (Å²) in [6, 6.07) is 8.36. The molecule has 7 heteroatoms. The Morgan fingerprint density at radius 1 is 1.25 bits per heavy atom. The summed E-state index contributed by atoms with van der Waals surface area (Å²) in [6.07, 6.45) is 6.31. The molecule has 1 fully saturated rings. The van der Waals surface area contributed by atoms with Crippen molar-refractivity contribution in [2.75, 3.05) is 23.7 Å². The molecule has 0 unspecified atom stereocenters. The van der Waals surface area contributed by atoms with Gasteiger partial charge in [0.25, 0.3) is 0 Å². The number of nitrogens with one attached hydrogen (secondary N) is 1. The van der Waals surface area contributed by atoms with Gasteiger partial charge in [0.2, 0.25) is 15.9 Å². The average molecular weight is 349 g/mol. The Balaban J connectivity index is 1.97. The van der Waals surface area contributed by atoms with Crippen LogP contribution in [-0.2, 0) is 14.8 Å². The standard InChI is InChI=1S/C17H23N3O3S/c1-24(22,23)20(16-9-7-14(13-18)8-10-16)12-11-19-17(21)15-5-3-2-4-6-15/h7-10,15H,2-6,11-12H2,1H3,(H,19,21). The molecule has 0 radical (unpaired) electrons. The van der Waals surface area contributed by atoms with Crippen LogP contribution in [0.4, 0.5) is 5.69 Å². The van der Waals surface area contributed by atoms with Gasteiger partial charge in [-0.1, -0.05) is 19.3 Å². The number of nitriles is 1. The summed E-state index contributed by atoms with van der Waals surface area (Å²) in [4.78, 5) is 12.1. The maximum atomic E-state index is 12.1. The quantitative estimate of drug-likeness (QED) is 0.851. The van der Waals surface area contributed by atoms with Crippen LogP contribution >= 0.6 is 0 Å². The molecule has 1 aliphatic carbocycles. The van der Waals surface area contributed by atoms with Crippen LogP contribution in [0.1, 0.15) is 37.7 Å². The highest BCUT2D eigenvalue weighted by molar-refractivity contribution is 7.92. The van der Waals surface area contributed by atoms with Gasteiger partial charge in [-0.15, -0.1) is 0 Å². The molecule has 1 aromatic carbocycles. The molecule has 1 aliphatic rings. The second kappa shape index (κ2) is 8.15. The summed E-state index contributed by atoms with van der Waals surface area (Å²) in [5.74, 6) is 0.0725. The second-order valence-corrected chi connectivity index (χ2v) is 8.03. The van der Waals surface area contributed by atoms with Gasteiger partial charge in [-0.3, -0.25) is 9.10 Å². The molecule has 0 aromatic heterocycles. The van der Waals surface area contributed by atoms with E-state index >= 15 is 0 Å². The summed E-state index contributed by atoms with van der Waals surface area (Å²) in [7, 11) is -3.46. The zero-order valence-corrected chi connectivity index (χ0v) is 14.7. The van der Waals surface area contributed by atoms with Crippen LogP contribution in [0.15, 0.2) is 24.3 Å². The molecule has 1 aromatic rings. The van der Waals surface area contributed by atoms with Crippen molar-refractivity contribution in [2.45, 2.75) is 32.1 Å². The van der Waals surface area contributed by atoms with Gasteiger partial charge in [0.05, 0.1) is 30.1 Å². The number of carbonyl (C=O) groups excluding carboxylic acids is 1. The first-order valence-corrected chi connectivity index (χ1v) is 10.0. The lowest BCUT2D eigenvalue weighted by Crippen LogP contribution is -2.40. The van der Waals surface area contributed by atoms with Crippen LogP contribution in [-0.4, -0.2) is 33.7 Å². The van der Waals surface area contributed by atoms with Crippen LogP contribution in [0.25, 0.3) is 0 Å². The minimum Gasteiger partial charge on any atom is -0.354 e. The molecule has 0 atom stereocenters. The molecule has 2 rings (SSSR count). The molecule has 1 N–H and O–H groups in total. The van der Waals surface area contributed by atoms with Gasteiger partial charge in [-0.25, -0.2) is 8.42 Å². The van der Waals surface area contributed by atoms with Gasteiger partial charge in [-0.05, 0) is 37.1 Å². The number of nitrogens with zero attached hydrogens (tertiary/aromatic N) is 2. The summed E-state index contributed by atoms with van der Waals surface area (Å²) >= 11 is 0. The van der Waals surface area contributed by atoms with Gasteiger partial charge in [0, 0.05) is 12.5 Å². The fraction of sp³-hybridized carbons (Fsp3) is 0.529. The van der Waals surface area contributed by atoms with Crippen molar-refractivity contribution >= 4 is 21.6 Å². The van der Waals surface area contributed by atoms with Crippen molar-refractivity contribution in [3.05, 3.63) is 29.8 Å². The lowest BCUT2D eigenvalue weighted by molar-refractivity contribution is -0.125. The molecule has 130 valence electrons. The molecular weight excluding hydrogens is 326 g/mol. The predicted octanol–water partition coefficient (Wildman–Crippen LogP) is 2.02. The smallest absolute Gasteiger partial charge is 0.232 e. The normalized spacial score (nSPS) is 15.5. The van der Waals surface area contributed by atoms with Crippen LogP contribution in [0.2, 0.25) is 0 Å². The van der Waals surface area contributed by atoms with Gasteiger partial charge in [0.15, 0.2) is 0 Å². The van der Waals surface area contributed by atoms with E-state index < -0.39 is 10.0 Å². The third-order valence-corrected chi connectivity index (χ3v) is 5.47. The second-order valence-electron chi connectivity index (χ2n) is 6.12. The molecule has 0 heterocycles. The Morgan fingerprint density at radius 3 is 2.42 bits per heavy atom. The predicted molar refractivity (Wildman–Crippen MR) is 92.9 cm³/mol. The summed E-state index contributed by atoms with van der Waals surface area (Å²) in [5, 5.41) is 11.7. The third kappa shape index (κ3) is 4.96. The lowest BCUT2D eigenvalue weighted by Gasteiger charge is -2.24. The number of hydrogen-bond donors (Lipinski definition) is 1. The Hall–Kier alpha value is -2.07. The van der Waals surface area contributed by atoms with E-state index in [-0.39, 0.29) is 24.9 Å². The Bertz CT molecular complexity index is 702. The molecule has 1 amide bonds. The third-order valence-electron chi connectivity index (χ3n) is 4.27. The van der Waals surface area contributed by atoms with Crippen LogP contribution in [0.5, 0.6) is 0 Å². The van der Waals surface area contributed by atoms with Gasteiger partial charge in [-0.2, -0.15) is 5.26 Å². The zero-order valence-electron chi connectivity index (χ0n) is 13.9. The average Bonchev–Trinajstić information content (AvgIpc) is 2.58. The molecule has 0 bridgehead atoms. The number of benzene rings is 1. The van der Waals surface area contributed by atoms with E-state index in [9.17, 15) is 13.2 Å². The highest BCUT2D eigenvalue weighted by Gasteiger charge is 2.22. The van der Waals surface area contributed by atoms with Crippen molar-refractivity contribution in [1.29, 1.82) is 5.26 Å². The Labute approximate surface area is 143 Å². The van der Waals surface area contributed by atoms with Crippen LogP contribution in [0.3, 0.4) is 0 Å². The molecular formula is C17H23N3O3S. The number of sulfonamides is 1. The molecule has 0 saturated heterocycles. The van der Waals surface area contributed by atoms with E-state index in [1.807, 2.05) is 6.07 Å². The highest BCUT2D eigenvalue weighted by Crippen LogP contribution is 2.23. The van der Waals surface area contributed by atoms with Crippen LogP contribution in [0, 0.1) is 17.2 Å². The van der Waals surface area contributed by atoms with Gasteiger partial charge in [0.1, 0.15) is 0 Å². The van der Waals surface area contributed by atoms with Crippen molar-refractivity contribution < 1.29 is 13.2 Å². The fourth-order valence-electron chi connectivity index (χ4n) is 2.98. The van der Waals surface area contributed by atoms with E-state index in [0.29, 0.717) is 11.3 Å². The first-order chi connectivity index (χ1) is 11.4. The van der Waals surface area contributed by atoms with E-state index in [2.05, 4.69) is 5.32 Å². The van der Waals surface area contributed by atoms with E-state index in [1.54, 1.807) is 24.3 Å². The summed E-state index contributed by atoms with van der Waals surface area (Å²) in [5.41, 5.74) is 0.959. The zero-order chi connectivity index (χ0) is 17.6. The number of hydrogen-bond acceptors (Lipinski definition) is 4. The molecule has 0 spiro atoms. The summed E-state index contributed by atoms with van der Waals surface area (Å²) in [6.45, 7) is 0.436. The topological polar surface area (TPSA) is 90.3 Å². The number of carbonyl (C=O) groups is 1. The van der Waals surface area contributed by atoms with Crippen molar-refractivity contribution in [3.63, 3.8) is 0 Å². The molecule has 1 saturated carbocycles. The first-order valence-electron chi connectivity index (χ1n) is 8.17. The molecule has 6 nitrogen and oxygen atoms in total. The van der Waals surface area contributed by atoms with Crippen molar-refractivity contribution in [1.82, 2.24) is 5.32 Å². The van der Waals surface area contributed by atoms with Crippen molar-refractivity contribution in [2.24, 2.45) is 5.92 Å². The monoisotopic (exact) mass is 349 g/mol. The number of anilines is 1. The lowest BCUT2D eigenvalue weighted by atomic mass is 9.89. The van der Waals surface area contributed by atoms with Crippen LogP contribution < -0.4 is 9.62 Å². The number of amides is 1. The fourth-order valence-corrected chi connectivity index (χ4v) is 3.91. The number of rotatable bonds is 6. The van der Waals surface area contributed by atoms with E-state index in [0.717, 1.165) is 31.9 Å². The minimum atomic E-state index is -3.46. The van der Waals surface area contributed by atoms with Crippen molar-refractivity contribution in [3.8, 4) is 6.07 Å². The maximum absolute atomic E-state index is 12.1. The van der Waals surface area contributed by atoms with Gasteiger partial charge >= 0.3 is 0 Å². The molecule has 24 heavy (non-hydrogen) atoms. The Kier molecular flexibility index (Phi) is 6.21. The van der Waals surface area contributed by atoms with Gasteiger partial charge < -0.3 is 5.32 Å². The largest absolute Gasteiger partial charge is 0.354 e. The maximum Gasteiger partial charge on any atom is 0.232 e. The minimum absolute atomic E-state index is 0.0166. The SMILES string of the molecule is CS(=O)(=O)N(CCNC(=O)C1CCCCC1)c1ccc(C#N)cc1. The molecule has 0 aliphatic heterocycles. The summed E-state index contributed by atoms with van der Waals surface area (Å²) < 4.78 is 25.3.